The Morgan fingerprint density at radius 1 is 1.05 bits per heavy atom. The smallest absolute Gasteiger partial charge is 0.411 e. The van der Waals surface area contributed by atoms with Gasteiger partial charge in [0.15, 0.2) is 0 Å². The Hall–Kier alpha value is -3.20. The number of amides is 2. The fourth-order valence-corrected chi connectivity index (χ4v) is 4.87. The fourth-order valence-electron chi connectivity index (χ4n) is 4.87. The molecule has 0 aromatic heterocycles. The van der Waals surface area contributed by atoms with E-state index in [-0.39, 0.29) is 24.4 Å². The zero-order valence-corrected chi connectivity index (χ0v) is 23.5. The Morgan fingerprint density at radius 2 is 1.72 bits per heavy atom. The van der Waals surface area contributed by atoms with Gasteiger partial charge in [-0.05, 0) is 81.3 Å². The van der Waals surface area contributed by atoms with Gasteiger partial charge in [0.05, 0.1) is 13.7 Å². The number of hydrogen-bond donors (Lipinski definition) is 1. The van der Waals surface area contributed by atoms with E-state index in [1.54, 1.807) is 53.9 Å². The van der Waals surface area contributed by atoms with Crippen LogP contribution in [-0.4, -0.2) is 49.4 Å². The molecule has 1 fully saturated rings. The molecule has 1 aliphatic carbocycles. The summed E-state index contributed by atoms with van der Waals surface area (Å²) in [7, 11) is 1.55. The van der Waals surface area contributed by atoms with E-state index in [2.05, 4.69) is 5.32 Å². The molecular formula is C30H38F2N2O5. The minimum absolute atomic E-state index is 0.0433. The van der Waals surface area contributed by atoms with Crippen LogP contribution in [0.1, 0.15) is 70.2 Å². The number of carbonyl (C=O) groups is 2. The third kappa shape index (κ3) is 6.87. The summed E-state index contributed by atoms with van der Waals surface area (Å²) in [6.07, 6.45) is 2.10. The maximum atomic E-state index is 15.3. The van der Waals surface area contributed by atoms with E-state index in [4.69, 9.17) is 14.2 Å². The summed E-state index contributed by atoms with van der Waals surface area (Å²) in [5.74, 6) is -0.988. The number of ether oxygens (including phenoxy) is 3. The van der Waals surface area contributed by atoms with Crippen LogP contribution in [-0.2, 0) is 26.1 Å². The SMILES string of the molecule is COc1ccc2c(c1)CCN(C(=O)OC(C)(C)C)[C@@H]2C(=O)Nc1cc(F)c(C(C)(C)COCC2CC2)c(F)c1. The summed E-state index contributed by atoms with van der Waals surface area (Å²) in [5, 5.41) is 2.62. The zero-order valence-electron chi connectivity index (χ0n) is 23.5. The highest BCUT2D eigenvalue weighted by molar-refractivity contribution is 5.98. The van der Waals surface area contributed by atoms with Crippen molar-refractivity contribution in [1.29, 1.82) is 0 Å². The van der Waals surface area contributed by atoms with Crippen LogP contribution >= 0.6 is 0 Å². The molecule has 212 valence electrons. The van der Waals surface area contributed by atoms with Gasteiger partial charge in [0.25, 0.3) is 5.91 Å². The van der Waals surface area contributed by atoms with Crippen LogP contribution in [0.2, 0.25) is 0 Å². The third-order valence-electron chi connectivity index (χ3n) is 6.95. The van der Waals surface area contributed by atoms with Gasteiger partial charge >= 0.3 is 6.09 Å². The van der Waals surface area contributed by atoms with Crippen LogP contribution < -0.4 is 10.1 Å². The molecule has 1 aliphatic heterocycles. The first-order valence-corrected chi connectivity index (χ1v) is 13.3. The number of nitrogens with zero attached hydrogens (tertiary/aromatic N) is 1. The Labute approximate surface area is 228 Å². The molecule has 2 amide bonds. The summed E-state index contributed by atoms with van der Waals surface area (Å²) in [6.45, 7) is 9.68. The molecule has 1 heterocycles. The molecule has 9 heteroatoms. The molecule has 0 saturated heterocycles. The Balaban J connectivity index is 1.59. The van der Waals surface area contributed by atoms with Crippen molar-refractivity contribution in [2.45, 2.75) is 70.9 Å². The fraction of sp³-hybridized carbons (Fsp3) is 0.533. The van der Waals surface area contributed by atoms with E-state index in [9.17, 15) is 9.59 Å². The normalized spacial score (nSPS) is 17.4. The number of anilines is 1. The Bertz CT molecular complexity index is 1210. The molecule has 4 rings (SSSR count). The summed E-state index contributed by atoms with van der Waals surface area (Å²) in [4.78, 5) is 28.0. The topological polar surface area (TPSA) is 77.1 Å². The second-order valence-corrected chi connectivity index (χ2v) is 12.0. The maximum absolute atomic E-state index is 15.3. The van der Waals surface area contributed by atoms with Crippen LogP contribution in [0.5, 0.6) is 5.75 Å². The highest BCUT2D eigenvalue weighted by Crippen LogP contribution is 2.36. The average molecular weight is 545 g/mol. The molecule has 2 aromatic rings. The molecule has 0 spiro atoms. The summed E-state index contributed by atoms with van der Waals surface area (Å²) >= 11 is 0. The molecule has 0 unspecified atom stereocenters. The van der Waals surface area contributed by atoms with Gasteiger partial charge in [-0.1, -0.05) is 19.9 Å². The van der Waals surface area contributed by atoms with E-state index in [1.165, 1.54) is 4.90 Å². The molecule has 2 aliphatic rings. The zero-order chi connectivity index (χ0) is 28.5. The van der Waals surface area contributed by atoms with Crippen molar-refractivity contribution in [3.8, 4) is 5.75 Å². The third-order valence-corrected chi connectivity index (χ3v) is 6.95. The van der Waals surface area contributed by atoms with Gasteiger partial charge in [-0.15, -0.1) is 0 Å². The molecule has 0 bridgehead atoms. The van der Waals surface area contributed by atoms with Crippen molar-refractivity contribution in [2.75, 3.05) is 32.2 Å². The molecule has 39 heavy (non-hydrogen) atoms. The number of rotatable bonds is 8. The van der Waals surface area contributed by atoms with Gasteiger partial charge < -0.3 is 19.5 Å². The lowest BCUT2D eigenvalue weighted by Gasteiger charge is -2.37. The minimum Gasteiger partial charge on any atom is -0.497 e. The van der Waals surface area contributed by atoms with E-state index < -0.39 is 40.7 Å². The minimum atomic E-state index is -1.06. The van der Waals surface area contributed by atoms with E-state index >= 15 is 8.78 Å². The van der Waals surface area contributed by atoms with E-state index in [1.807, 2.05) is 6.07 Å². The molecule has 2 aromatic carbocycles. The first-order valence-electron chi connectivity index (χ1n) is 13.3. The maximum Gasteiger partial charge on any atom is 0.411 e. The second-order valence-electron chi connectivity index (χ2n) is 12.0. The van der Waals surface area contributed by atoms with Crippen molar-refractivity contribution < 1.29 is 32.6 Å². The van der Waals surface area contributed by atoms with Crippen LogP contribution in [0.15, 0.2) is 30.3 Å². The lowest BCUT2D eigenvalue weighted by Crippen LogP contribution is -2.47. The standard InChI is InChI=1S/C30H38F2N2O5/c1-29(2,3)39-28(36)34-12-11-19-13-21(37-6)9-10-22(19)26(34)27(35)33-20-14-23(31)25(24(32)15-20)30(4,5)17-38-16-18-7-8-18/h9-10,13-15,18,26H,7-8,11-12,16-17H2,1-6H3,(H,33,35)/t26-/m0/s1. The monoisotopic (exact) mass is 544 g/mol. The molecule has 0 radical (unpaired) electrons. The summed E-state index contributed by atoms with van der Waals surface area (Å²) in [6, 6.07) is 6.41. The molecule has 1 saturated carbocycles. The van der Waals surface area contributed by atoms with Crippen LogP contribution in [0, 0.1) is 17.6 Å². The average Bonchev–Trinajstić information content (AvgIpc) is 3.65. The van der Waals surface area contributed by atoms with E-state index in [0.29, 0.717) is 30.3 Å². The number of hydrogen-bond acceptors (Lipinski definition) is 5. The number of benzene rings is 2. The molecule has 1 atom stereocenters. The van der Waals surface area contributed by atoms with Gasteiger partial charge in [-0.3, -0.25) is 9.69 Å². The number of halogens is 2. The van der Waals surface area contributed by atoms with Gasteiger partial charge in [-0.2, -0.15) is 0 Å². The first-order chi connectivity index (χ1) is 18.3. The van der Waals surface area contributed by atoms with Crippen LogP contribution in [0.25, 0.3) is 0 Å². The number of nitrogens with one attached hydrogen (secondary N) is 1. The highest BCUT2D eigenvalue weighted by atomic mass is 19.1. The van der Waals surface area contributed by atoms with Gasteiger partial charge in [0.1, 0.15) is 29.0 Å². The quantitative estimate of drug-likeness (QED) is 0.431. The van der Waals surface area contributed by atoms with Crippen molar-refractivity contribution in [1.82, 2.24) is 4.90 Å². The van der Waals surface area contributed by atoms with Crippen molar-refractivity contribution in [3.63, 3.8) is 0 Å². The largest absolute Gasteiger partial charge is 0.497 e. The predicted molar refractivity (Wildman–Crippen MR) is 144 cm³/mol. The second kappa shape index (κ2) is 11.1. The lowest BCUT2D eigenvalue weighted by molar-refractivity contribution is -0.122. The van der Waals surface area contributed by atoms with Crippen molar-refractivity contribution in [3.05, 3.63) is 58.7 Å². The van der Waals surface area contributed by atoms with Crippen molar-refractivity contribution in [2.24, 2.45) is 5.92 Å². The lowest BCUT2D eigenvalue weighted by atomic mass is 9.84. The van der Waals surface area contributed by atoms with Gasteiger partial charge in [0.2, 0.25) is 0 Å². The molecular weight excluding hydrogens is 506 g/mol. The van der Waals surface area contributed by atoms with Gasteiger partial charge in [0, 0.05) is 29.8 Å². The highest BCUT2D eigenvalue weighted by Gasteiger charge is 2.39. The Morgan fingerprint density at radius 3 is 2.31 bits per heavy atom. The summed E-state index contributed by atoms with van der Waals surface area (Å²) < 4.78 is 47.1. The Kier molecular flexibility index (Phi) is 8.21. The number of methoxy groups -OCH3 is 1. The summed E-state index contributed by atoms with van der Waals surface area (Å²) in [5.41, 5.74) is -0.373. The van der Waals surface area contributed by atoms with E-state index in [0.717, 1.165) is 30.5 Å². The first kappa shape index (κ1) is 28.8. The van der Waals surface area contributed by atoms with Crippen molar-refractivity contribution >= 4 is 17.7 Å². The van der Waals surface area contributed by atoms with Crippen LogP contribution in [0.4, 0.5) is 19.3 Å². The number of carbonyl (C=O) groups excluding carboxylic acids is 2. The predicted octanol–water partition coefficient (Wildman–Crippen LogP) is 6.15. The number of fused-ring (bicyclic) bond motifs is 1. The van der Waals surface area contributed by atoms with Crippen LogP contribution in [0.3, 0.4) is 0 Å². The molecule has 1 N–H and O–H groups in total. The van der Waals surface area contributed by atoms with Gasteiger partial charge in [-0.25, -0.2) is 13.6 Å². The molecule has 7 nitrogen and oxygen atoms in total.